The topological polar surface area (TPSA) is 55.1 Å². The van der Waals surface area contributed by atoms with Gasteiger partial charge in [-0.2, -0.15) is 11.3 Å². The van der Waals surface area contributed by atoms with Gasteiger partial charge in [0.1, 0.15) is 4.88 Å². The zero-order chi connectivity index (χ0) is 12.8. The van der Waals surface area contributed by atoms with Crippen molar-refractivity contribution in [2.75, 3.05) is 6.54 Å². The van der Waals surface area contributed by atoms with Crippen LogP contribution in [-0.2, 0) is 6.54 Å². The van der Waals surface area contributed by atoms with Crippen molar-refractivity contribution in [2.24, 2.45) is 5.73 Å². The quantitative estimate of drug-likeness (QED) is 0.843. The molecular weight excluding hydrogens is 264 g/mol. The third-order valence-corrected chi connectivity index (χ3v) is 3.87. The first-order valence-corrected chi connectivity index (χ1v) is 7.19. The van der Waals surface area contributed by atoms with Crippen molar-refractivity contribution in [3.63, 3.8) is 0 Å². The molecule has 3 N–H and O–H groups in total. The van der Waals surface area contributed by atoms with Crippen LogP contribution in [0.4, 0.5) is 0 Å². The average molecular weight is 276 g/mol. The fourth-order valence-electron chi connectivity index (χ4n) is 1.39. The molecule has 0 radical (unpaired) electrons. The van der Waals surface area contributed by atoms with Crippen LogP contribution in [0.1, 0.15) is 20.8 Å². The summed E-state index contributed by atoms with van der Waals surface area (Å²) in [5, 5.41) is 8.75. The summed E-state index contributed by atoms with van der Waals surface area (Å²) in [5.74, 6) is 5.58. The van der Waals surface area contributed by atoms with E-state index >= 15 is 0 Å². The molecule has 0 fully saturated rings. The summed E-state index contributed by atoms with van der Waals surface area (Å²) >= 11 is 3.01. The Kier molecular flexibility index (Phi) is 4.53. The molecule has 0 aliphatic rings. The van der Waals surface area contributed by atoms with E-state index in [1.807, 2.05) is 28.3 Å². The molecule has 0 aromatic carbocycles. The van der Waals surface area contributed by atoms with Gasteiger partial charge in [-0.1, -0.05) is 11.8 Å². The SMILES string of the molecule is NCC#Cc1ccsc1C(=O)NCc1ccsc1. The standard InChI is InChI=1S/C13H12N2OS2/c14-5-1-2-11-4-7-18-12(11)13(16)15-8-10-3-6-17-9-10/h3-4,6-7,9H,5,8,14H2,(H,15,16). The average Bonchev–Trinajstić information content (AvgIpc) is 3.04. The van der Waals surface area contributed by atoms with Crippen LogP contribution in [0.15, 0.2) is 28.3 Å². The lowest BCUT2D eigenvalue weighted by atomic mass is 10.2. The summed E-state index contributed by atoms with van der Waals surface area (Å²) in [4.78, 5) is 12.6. The first-order chi connectivity index (χ1) is 8.81. The number of hydrogen-bond donors (Lipinski definition) is 2. The highest BCUT2D eigenvalue weighted by molar-refractivity contribution is 7.12. The van der Waals surface area contributed by atoms with Gasteiger partial charge in [-0.25, -0.2) is 0 Å². The normalized spacial score (nSPS) is 9.61. The van der Waals surface area contributed by atoms with Crippen molar-refractivity contribution < 1.29 is 4.79 Å². The number of nitrogens with two attached hydrogens (primary N) is 1. The molecule has 2 rings (SSSR count). The lowest BCUT2D eigenvalue weighted by molar-refractivity contribution is 0.0955. The van der Waals surface area contributed by atoms with E-state index in [2.05, 4.69) is 17.2 Å². The van der Waals surface area contributed by atoms with Gasteiger partial charge in [-0.15, -0.1) is 11.3 Å². The Morgan fingerprint density at radius 2 is 2.28 bits per heavy atom. The van der Waals surface area contributed by atoms with Gasteiger partial charge in [0.2, 0.25) is 0 Å². The number of thiophene rings is 2. The Labute approximate surface area is 114 Å². The lowest BCUT2D eigenvalue weighted by Gasteiger charge is -2.02. The van der Waals surface area contributed by atoms with Gasteiger partial charge in [-0.05, 0) is 33.8 Å². The van der Waals surface area contributed by atoms with Gasteiger partial charge in [0.25, 0.3) is 5.91 Å². The third-order valence-electron chi connectivity index (χ3n) is 2.23. The molecule has 0 atom stereocenters. The Balaban J connectivity index is 2.02. The molecule has 18 heavy (non-hydrogen) atoms. The van der Waals surface area contributed by atoms with Crippen molar-refractivity contribution in [3.05, 3.63) is 44.3 Å². The Morgan fingerprint density at radius 1 is 1.39 bits per heavy atom. The number of carbonyl (C=O) groups excluding carboxylic acids is 1. The number of hydrogen-bond acceptors (Lipinski definition) is 4. The molecule has 0 bridgehead atoms. The Bertz CT molecular complexity index is 576. The molecule has 0 saturated carbocycles. The van der Waals surface area contributed by atoms with Crippen molar-refractivity contribution in [2.45, 2.75) is 6.54 Å². The van der Waals surface area contributed by atoms with Crippen molar-refractivity contribution in [1.29, 1.82) is 0 Å². The van der Waals surface area contributed by atoms with Gasteiger partial charge in [0.15, 0.2) is 0 Å². The number of carbonyl (C=O) groups is 1. The highest BCUT2D eigenvalue weighted by Gasteiger charge is 2.11. The molecule has 0 spiro atoms. The van der Waals surface area contributed by atoms with E-state index in [1.165, 1.54) is 11.3 Å². The van der Waals surface area contributed by atoms with Crippen LogP contribution in [0.2, 0.25) is 0 Å². The molecule has 2 aromatic rings. The molecule has 0 aliphatic carbocycles. The second-order valence-corrected chi connectivity index (χ2v) is 5.18. The minimum atomic E-state index is -0.0856. The van der Waals surface area contributed by atoms with E-state index in [1.54, 1.807) is 11.3 Å². The summed E-state index contributed by atoms with van der Waals surface area (Å²) in [6.07, 6.45) is 0. The summed E-state index contributed by atoms with van der Waals surface area (Å²) in [5.41, 5.74) is 7.18. The molecule has 2 heterocycles. The van der Waals surface area contributed by atoms with Gasteiger partial charge >= 0.3 is 0 Å². The maximum atomic E-state index is 12.0. The van der Waals surface area contributed by atoms with Gasteiger partial charge < -0.3 is 11.1 Å². The number of nitrogens with one attached hydrogen (secondary N) is 1. The maximum absolute atomic E-state index is 12.0. The fourth-order valence-corrected chi connectivity index (χ4v) is 2.82. The molecule has 0 aliphatic heterocycles. The van der Waals surface area contributed by atoms with Crippen LogP contribution in [-0.4, -0.2) is 12.5 Å². The molecule has 2 aromatic heterocycles. The second kappa shape index (κ2) is 6.36. The van der Waals surface area contributed by atoms with Crippen molar-refractivity contribution in [1.82, 2.24) is 5.32 Å². The molecule has 92 valence electrons. The highest BCUT2D eigenvalue weighted by Crippen LogP contribution is 2.16. The summed E-state index contributed by atoms with van der Waals surface area (Å²) in [7, 11) is 0. The third kappa shape index (κ3) is 3.20. The van der Waals surface area contributed by atoms with Crippen LogP contribution in [0.3, 0.4) is 0 Å². The predicted octanol–water partition coefficient (Wildman–Crippen LogP) is 2.05. The lowest BCUT2D eigenvalue weighted by Crippen LogP contribution is -2.22. The summed E-state index contributed by atoms with van der Waals surface area (Å²) in [6.45, 7) is 0.843. The fraction of sp³-hybridized carbons (Fsp3) is 0.154. The zero-order valence-electron chi connectivity index (χ0n) is 9.60. The van der Waals surface area contributed by atoms with E-state index in [4.69, 9.17) is 5.73 Å². The van der Waals surface area contributed by atoms with Crippen LogP contribution in [0.5, 0.6) is 0 Å². The number of rotatable bonds is 3. The van der Waals surface area contributed by atoms with E-state index in [9.17, 15) is 4.79 Å². The monoisotopic (exact) mass is 276 g/mol. The molecule has 5 heteroatoms. The molecule has 1 amide bonds. The first-order valence-electron chi connectivity index (χ1n) is 5.37. The minimum Gasteiger partial charge on any atom is -0.347 e. The van der Waals surface area contributed by atoms with Crippen LogP contribution in [0.25, 0.3) is 0 Å². The molecule has 3 nitrogen and oxygen atoms in total. The molecule has 0 unspecified atom stereocenters. The van der Waals surface area contributed by atoms with E-state index in [0.29, 0.717) is 18.0 Å². The Morgan fingerprint density at radius 3 is 3.00 bits per heavy atom. The van der Waals surface area contributed by atoms with E-state index in [-0.39, 0.29) is 5.91 Å². The zero-order valence-corrected chi connectivity index (χ0v) is 11.2. The predicted molar refractivity (Wildman–Crippen MR) is 75.7 cm³/mol. The highest BCUT2D eigenvalue weighted by atomic mass is 32.1. The Hall–Kier alpha value is -1.61. The number of amides is 1. The van der Waals surface area contributed by atoms with Crippen LogP contribution in [0, 0.1) is 11.8 Å². The van der Waals surface area contributed by atoms with E-state index in [0.717, 1.165) is 11.1 Å². The van der Waals surface area contributed by atoms with Gasteiger partial charge in [0.05, 0.1) is 6.54 Å². The minimum absolute atomic E-state index is 0.0856. The van der Waals surface area contributed by atoms with E-state index < -0.39 is 0 Å². The van der Waals surface area contributed by atoms with Crippen LogP contribution >= 0.6 is 22.7 Å². The summed E-state index contributed by atoms with van der Waals surface area (Å²) in [6, 6.07) is 3.83. The van der Waals surface area contributed by atoms with Crippen molar-refractivity contribution >= 4 is 28.6 Å². The first kappa shape index (κ1) is 12.8. The molecular formula is C13H12N2OS2. The van der Waals surface area contributed by atoms with Crippen LogP contribution < -0.4 is 11.1 Å². The largest absolute Gasteiger partial charge is 0.347 e. The van der Waals surface area contributed by atoms with Crippen molar-refractivity contribution in [3.8, 4) is 11.8 Å². The summed E-state index contributed by atoms with van der Waals surface area (Å²) < 4.78 is 0. The van der Waals surface area contributed by atoms with Gasteiger partial charge in [0, 0.05) is 12.1 Å². The second-order valence-electron chi connectivity index (χ2n) is 3.48. The molecule has 0 saturated heterocycles. The maximum Gasteiger partial charge on any atom is 0.262 e. The van der Waals surface area contributed by atoms with Gasteiger partial charge in [-0.3, -0.25) is 4.79 Å². The smallest absolute Gasteiger partial charge is 0.262 e.